The molecule has 7 heteroatoms. The Kier molecular flexibility index (Phi) is 22.0. The van der Waals surface area contributed by atoms with Gasteiger partial charge in [0.05, 0.1) is 0 Å². The molecule has 0 aliphatic carbocycles. The molecule has 0 aromatic carbocycles. The van der Waals surface area contributed by atoms with E-state index < -0.39 is 11.9 Å². The normalized spacial score (nSPS) is 10.1. The maximum Gasteiger partial charge on any atom is 1.00 e. The van der Waals surface area contributed by atoms with Crippen molar-refractivity contribution in [1.82, 2.24) is 4.90 Å². The van der Waals surface area contributed by atoms with Crippen LogP contribution < -0.4 is 69.3 Å². The van der Waals surface area contributed by atoms with Gasteiger partial charge in [0.25, 0.3) is 0 Å². The average molecular weight is 317 g/mol. The van der Waals surface area contributed by atoms with Crippen molar-refractivity contribution >= 4 is 11.9 Å². The SMILES string of the molecule is CC(C)CCCCCN(CCC(=O)[O-])CCC(=O)[O-].[Na+].[Na+]. The van der Waals surface area contributed by atoms with E-state index in [0.717, 1.165) is 25.8 Å². The third kappa shape index (κ3) is 20.9. The molecule has 0 bridgehead atoms. The summed E-state index contributed by atoms with van der Waals surface area (Å²) in [5, 5.41) is 20.9. The quantitative estimate of drug-likeness (QED) is 0.264. The maximum absolute atomic E-state index is 10.4. The van der Waals surface area contributed by atoms with E-state index in [1.54, 1.807) is 0 Å². The topological polar surface area (TPSA) is 83.5 Å². The molecule has 0 fully saturated rings. The second-order valence-electron chi connectivity index (χ2n) is 5.33. The Morgan fingerprint density at radius 2 is 1.33 bits per heavy atom. The summed E-state index contributed by atoms with van der Waals surface area (Å²) in [7, 11) is 0. The minimum absolute atomic E-state index is 0. The summed E-state index contributed by atoms with van der Waals surface area (Å²) in [4.78, 5) is 22.7. The number of rotatable bonds is 12. The Morgan fingerprint density at radius 1 is 0.857 bits per heavy atom. The van der Waals surface area contributed by atoms with Gasteiger partial charge < -0.3 is 24.7 Å². The van der Waals surface area contributed by atoms with Gasteiger partial charge in [-0.2, -0.15) is 0 Å². The Hall–Kier alpha value is 0.900. The number of hydrogen-bond acceptors (Lipinski definition) is 5. The number of carboxylic acid groups (broad SMARTS) is 2. The van der Waals surface area contributed by atoms with E-state index in [1.165, 1.54) is 6.42 Å². The number of hydrogen-bond donors (Lipinski definition) is 0. The molecule has 0 aliphatic heterocycles. The van der Waals surface area contributed by atoms with Crippen LogP contribution in [0.5, 0.6) is 0 Å². The summed E-state index contributed by atoms with van der Waals surface area (Å²) in [5.41, 5.74) is 0. The summed E-state index contributed by atoms with van der Waals surface area (Å²) in [6, 6.07) is 0. The minimum atomic E-state index is -1.10. The molecule has 0 heterocycles. The Balaban J connectivity index is -0.00000162. The molecule has 0 unspecified atom stereocenters. The van der Waals surface area contributed by atoms with E-state index in [-0.39, 0.29) is 72.0 Å². The first-order chi connectivity index (χ1) is 8.91. The van der Waals surface area contributed by atoms with E-state index in [2.05, 4.69) is 13.8 Å². The van der Waals surface area contributed by atoms with E-state index in [4.69, 9.17) is 0 Å². The number of unbranched alkanes of at least 4 members (excludes halogenated alkanes) is 2. The van der Waals surface area contributed by atoms with Crippen molar-refractivity contribution in [1.29, 1.82) is 0 Å². The smallest absolute Gasteiger partial charge is 0.550 e. The third-order valence-corrected chi connectivity index (χ3v) is 3.02. The van der Waals surface area contributed by atoms with Gasteiger partial charge in [0.15, 0.2) is 0 Å². The van der Waals surface area contributed by atoms with Crippen LogP contribution in [0.2, 0.25) is 0 Å². The zero-order chi connectivity index (χ0) is 14.7. The number of aliphatic carboxylic acids is 2. The molecule has 0 aromatic heterocycles. The van der Waals surface area contributed by atoms with E-state index in [0.29, 0.717) is 19.0 Å². The van der Waals surface area contributed by atoms with Crippen LogP contribution >= 0.6 is 0 Å². The van der Waals surface area contributed by atoms with Crippen molar-refractivity contribution in [2.45, 2.75) is 52.4 Å². The second kappa shape index (κ2) is 17.3. The molecule has 0 radical (unpaired) electrons. The zero-order valence-electron chi connectivity index (χ0n) is 14.0. The van der Waals surface area contributed by atoms with Gasteiger partial charge >= 0.3 is 59.1 Å². The molecule has 0 rings (SSSR count). The number of carbonyl (C=O) groups excluding carboxylic acids is 2. The monoisotopic (exact) mass is 317 g/mol. The van der Waals surface area contributed by atoms with Gasteiger partial charge in [-0.15, -0.1) is 0 Å². The minimum Gasteiger partial charge on any atom is -0.550 e. The van der Waals surface area contributed by atoms with E-state index >= 15 is 0 Å². The van der Waals surface area contributed by atoms with Crippen LogP contribution in [0.15, 0.2) is 0 Å². The van der Waals surface area contributed by atoms with Crippen molar-refractivity contribution in [3.8, 4) is 0 Å². The average Bonchev–Trinajstić information content (AvgIpc) is 2.30. The van der Waals surface area contributed by atoms with Gasteiger partial charge in [0, 0.05) is 25.0 Å². The van der Waals surface area contributed by atoms with E-state index in [1.807, 2.05) is 4.90 Å². The van der Waals surface area contributed by atoms with Gasteiger partial charge in [0.2, 0.25) is 0 Å². The van der Waals surface area contributed by atoms with Crippen LogP contribution in [0.1, 0.15) is 52.4 Å². The molecule has 112 valence electrons. The first-order valence-electron chi connectivity index (χ1n) is 7.04. The number of carbonyl (C=O) groups is 2. The fourth-order valence-corrected chi connectivity index (χ4v) is 1.90. The van der Waals surface area contributed by atoms with E-state index in [9.17, 15) is 19.8 Å². The molecule has 0 saturated heterocycles. The van der Waals surface area contributed by atoms with Crippen molar-refractivity contribution in [2.24, 2.45) is 5.92 Å². The molecule has 5 nitrogen and oxygen atoms in total. The molecule has 0 spiro atoms. The Labute approximate surface area is 172 Å². The van der Waals surface area contributed by atoms with Crippen molar-refractivity contribution in [3.05, 3.63) is 0 Å². The first kappa shape index (κ1) is 26.8. The third-order valence-electron chi connectivity index (χ3n) is 3.02. The molecule has 0 aliphatic rings. The summed E-state index contributed by atoms with van der Waals surface area (Å²) in [6.07, 6.45) is 4.29. The molecule has 0 atom stereocenters. The van der Waals surface area contributed by atoms with Crippen LogP contribution in [0.25, 0.3) is 0 Å². The summed E-state index contributed by atoms with van der Waals surface area (Å²) in [5.74, 6) is -1.50. The molecular formula is C14H25NNa2O4. The maximum atomic E-state index is 10.4. The molecule has 0 N–H and O–H groups in total. The second-order valence-corrected chi connectivity index (χ2v) is 5.33. The Morgan fingerprint density at radius 3 is 1.71 bits per heavy atom. The van der Waals surface area contributed by atoms with Crippen molar-refractivity contribution in [3.63, 3.8) is 0 Å². The number of nitrogens with zero attached hydrogens (tertiary/aromatic N) is 1. The van der Waals surface area contributed by atoms with Gasteiger partial charge in [-0.1, -0.05) is 33.1 Å². The largest absolute Gasteiger partial charge is 1.00 e. The van der Waals surface area contributed by atoms with Gasteiger partial charge in [-0.3, -0.25) is 0 Å². The molecular weight excluding hydrogens is 292 g/mol. The first-order valence-corrected chi connectivity index (χ1v) is 7.04. The fourth-order valence-electron chi connectivity index (χ4n) is 1.90. The summed E-state index contributed by atoms with van der Waals surface area (Å²) in [6.45, 7) is 5.80. The van der Waals surface area contributed by atoms with Gasteiger partial charge in [-0.05, 0) is 31.7 Å². The standard InChI is InChI=1S/C14H27NO4.2Na/c1-12(2)6-4-3-5-9-15(10-7-13(16)17)11-8-14(18)19;;/h12H,3-11H2,1-2H3,(H,16,17)(H,18,19);;/q;2*+1/p-2. The van der Waals surface area contributed by atoms with Crippen molar-refractivity contribution < 1.29 is 78.9 Å². The van der Waals surface area contributed by atoms with Gasteiger partial charge in [0.1, 0.15) is 0 Å². The molecule has 0 aromatic rings. The zero-order valence-corrected chi connectivity index (χ0v) is 18.0. The van der Waals surface area contributed by atoms with Crippen molar-refractivity contribution in [2.75, 3.05) is 19.6 Å². The van der Waals surface area contributed by atoms with Crippen LogP contribution in [0, 0.1) is 5.92 Å². The predicted molar refractivity (Wildman–Crippen MR) is 69.0 cm³/mol. The van der Waals surface area contributed by atoms with Crippen LogP contribution in [-0.2, 0) is 9.59 Å². The summed E-state index contributed by atoms with van der Waals surface area (Å²) >= 11 is 0. The van der Waals surface area contributed by atoms with Gasteiger partial charge in [-0.25, -0.2) is 0 Å². The number of carboxylic acids is 2. The molecule has 0 saturated carbocycles. The molecule has 21 heavy (non-hydrogen) atoms. The summed E-state index contributed by atoms with van der Waals surface area (Å²) < 4.78 is 0. The Bertz CT molecular complexity index is 258. The predicted octanol–water partition coefficient (Wildman–Crippen LogP) is -6.21. The van der Waals surface area contributed by atoms with Crippen LogP contribution in [-0.4, -0.2) is 36.5 Å². The van der Waals surface area contributed by atoms with Crippen LogP contribution in [0.3, 0.4) is 0 Å². The molecule has 0 amide bonds. The van der Waals surface area contributed by atoms with Crippen LogP contribution in [0.4, 0.5) is 0 Å². The fraction of sp³-hybridized carbons (Fsp3) is 0.857.